The molecule has 0 saturated heterocycles. The molecule has 0 aliphatic carbocycles. The number of hydrogen-bond donors (Lipinski definition) is 1. The smallest absolute Gasteiger partial charge is 0.422 e. The molecule has 0 spiro atoms. The van der Waals surface area contributed by atoms with E-state index in [1.807, 2.05) is 0 Å². The highest BCUT2D eigenvalue weighted by atomic mass is 32.2. The number of hydrogen-bond acceptors (Lipinski definition) is 3. The molecule has 54 valence electrons. The highest BCUT2D eigenvalue weighted by Crippen LogP contribution is 1.89. The number of ether oxygens (including phenoxy) is 1. The van der Waals surface area contributed by atoms with Crippen LogP contribution in [0.1, 0.15) is 0 Å². The van der Waals surface area contributed by atoms with Crippen LogP contribution in [0.4, 0.5) is 4.79 Å². The average Bonchev–Trinajstić information content (AvgIpc) is 1.84. The topological polar surface area (TPSA) is 66.8 Å². The zero-order valence-corrected chi connectivity index (χ0v) is 5.84. The molecular formula is C3H7NO4S. The monoisotopic (exact) mass is 153 g/mol. The van der Waals surface area contributed by atoms with Crippen molar-refractivity contribution in [2.75, 3.05) is 14.2 Å². The van der Waals surface area contributed by atoms with Gasteiger partial charge in [0, 0.05) is 7.05 Å². The van der Waals surface area contributed by atoms with Gasteiger partial charge in [-0.05, 0) is 0 Å². The molecule has 0 saturated carbocycles. The number of carbonyl (C=O) groups is 1. The third-order valence-corrected chi connectivity index (χ3v) is 1.28. The van der Waals surface area contributed by atoms with Gasteiger partial charge in [-0.2, -0.15) is 0 Å². The number of carbonyl (C=O) groups excluding carboxylic acids is 1. The lowest BCUT2D eigenvalue weighted by Gasteiger charge is -2.07. The zero-order chi connectivity index (χ0) is 7.44. The summed E-state index contributed by atoms with van der Waals surface area (Å²) in [5.74, 6) is 0. The summed E-state index contributed by atoms with van der Waals surface area (Å²) < 4.78 is 22.9. The van der Waals surface area contributed by atoms with Crippen LogP contribution in [0.25, 0.3) is 0 Å². The Morgan fingerprint density at radius 2 is 2.22 bits per heavy atom. The molecule has 0 fully saturated rings. The van der Waals surface area contributed by atoms with Crippen molar-refractivity contribution < 1.29 is 18.3 Å². The third-order valence-electron chi connectivity index (χ3n) is 0.666. The lowest BCUT2D eigenvalue weighted by atomic mass is 11.1. The Hall–Kier alpha value is -0.620. The number of nitrogens with zero attached hydrogens (tertiary/aromatic N) is 1. The van der Waals surface area contributed by atoms with E-state index in [4.69, 9.17) is 4.55 Å². The second kappa shape index (κ2) is 3.41. The highest BCUT2D eigenvalue weighted by molar-refractivity contribution is 7.77. The van der Waals surface area contributed by atoms with Crippen molar-refractivity contribution in [3.63, 3.8) is 0 Å². The van der Waals surface area contributed by atoms with E-state index in [0.29, 0.717) is 4.31 Å². The Balaban J connectivity index is 3.88. The van der Waals surface area contributed by atoms with Crippen molar-refractivity contribution in [1.29, 1.82) is 0 Å². The van der Waals surface area contributed by atoms with Crippen LogP contribution >= 0.6 is 0 Å². The fourth-order valence-corrected chi connectivity index (χ4v) is 0.394. The summed E-state index contributed by atoms with van der Waals surface area (Å²) in [4.78, 5) is 10.3. The van der Waals surface area contributed by atoms with Gasteiger partial charge in [0.05, 0.1) is 7.11 Å². The van der Waals surface area contributed by atoms with E-state index in [1.165, 1.54) is 0 Å². The van der Waals surface area contributed by atoms with Crippen LogP contribution in [0.15, 0.2) is 0 Å². The minimum Gasteiger partial charge on any atom is -0.452 e. The molecule has 1 N–H and O–H groups in total. The maximum Gasteiger partial charge on any atom is 0.422 e. The van der Waals surface area contributed by atoms with E-state index < -0.39 is 17.4 Å². The Kier molecular flexibility index (Phi) is 3.18. The first kappa shape index (κ1) is 8.38. The van der Waals surface area contributed by atoms with E-state index >= 15 is 0 Å². The SMILES string of the molecule is COC(=O)N(C)S(=O)O. The Labute approximate surface area is 55.0 Å². The maximum atomic E-state index is 10.3. The second-order valence-corrected chi connectivity index (χ2v) is 2.21. The van der Waals surface area contributed by atoms with E-state index in [2.05, 4.69) is 4.74 Å². The van der Waals surface area contributed by atoms with Crippen molar-refractivity contribution in [2.45, 2.75) is 0 Å². The normalized spacial score (nSPS) is 12.3. The third kappa shape index (κ3) is 2.43. The van der Waals surface area contributed by atoms with Crippen molar-refractivity contribution in [3.8, 4) is 0 Å². The summed E-state index contributed by atoms with van der Waals surface area (Å²) in [7, 11) is 2.29. The van der Waals surface area contributed by atoms with Crippen molar-refractivity contribution in [3.05, 3.63) is 0 Å². The molecule has 0 heterocycles. The molecule has 6 heteroatoms. The predicted molar refractivity (Wildman–Crippen MR) is 30.9 cm³/mol. The largest absolute Gasteiger partial charge is 0.452 e. The van der Waals surface area contributed by atoms with Crippen LogP contribution in [0.2, 0.25) is 0 Å². The lowest BCUT2D eigenvalue weighted by molar-refractivity contribution is 0.154. The van der Waals surface area contributed by atoms with Crippen LogP contribution < -0.4 is 0 Å². The van der Waals surface area contributed by atoms with E-state index in [0.717, 1.165) is 14.2 Å². The van der Waals surface area contributed by atoms with Gasteiger partial charge >= 0.3 is 6.09 Å². The molecule has 0 radical (unpaired) electrons. The number of rotatable bonds is 1. The molecule has 9 heavy (non-hydrogen) atoms. The van der Waals surface area contributed by atoms with Gasteiger partial charge < -0.3 is 4.74 Å². The Morgan fingerprint density at radius 3 is 2.33 bits per heavy atom. The predicted octanol–water partition coefficient (Wildman–Crippen LogP) is -0.179. The first-order valence-electron chi connectivity index (χ1n) is 2.02. The highest BCUT2D eigenvalue weighted by Gasteiger charge is 2.11. The van der Waals surface area contributed by atoms with E-state index in [1.54, 1.807) is 0 Å². The fourth-order valence-electron chi connectivity index (χ4n) is 0.192. The van der Waals surface area contributed by atoms with Crippen molar-refractivity contribution >= 4 is 17.4 Å². The molecular weight excluding hydrogens is 146 g/mol. The number of methoxy groups -OCH3 is 1. The molecule has 1 atom stereocenters. The van der Waals surface area contributed by atoms with Crippen LogP contribution in [0.3, 0.4) is 0 Å². The van der Waals surface area contributed by atoms with Gasteiger partial charge in [-0.25, -0.2) is 13.3 Å². The zero-order valence-electron chi connectivity index (χ0n) is 5.03. The van der Waals surface area contributed by atoms with Crippen LogP contribution in [0, 0.1) is 0 Å². The summed E-state index contributed by atoms with van der Waals surface area (Å²) >= 11 is -2.28. The summed E-state index contributed by atoms with van der Waals surface area (Å²) in [6, 6.07) is 0. The molecule has 5 nitrogen and oxygen atoms in total. The minimum atomic E-state index is -2.28. The fraction of sp³-hybridized carbons (Fsp3) is 0.667. The molecule has 0 aliphatic heterocycles. The van der Waals surface area contributed by atoms with Crippen LogP contribution in [-0.2, 0) is 16.0 Å². The lowest BCUT2D eigenvalue weighted by Crippen LogP contribution is -2.27. The molecule has 0 rings (SSSR count). The van der Waals surface area contributed by atoms with Gasteiger partial charge in [0.15, 0.2) is 0 Å². The summed E-state index contributed by atoms with van der Waals surface area (Å²) in [5.41, 5.74) is 0. The maximum absolute atomic E-state index is 10.3. The molecule has 0 bridgehead atoms. The van der Waals surface area contributed by atoms with E-state index in [9.17, 15) is 9.00 Å². The number of amides is 1. The first-order valence-corrected chi connectivity index (χ1v) is 3.08. The summed E-state index contributed by atoms with van der Waals surface area (Å²) in [5, 5.41) is 0. The summed E-state index contributed by atoms with van der Waals surface area (Å²) in [6.07, 6.45) is -0.837. The Bertz CT molecular complexity index is 136. The van der Waals surface area contributed by atoms with Gasteiger partial charge in [-0.15, -0.1) is 0 Å². The van der Waals surface area contributed by atoms with Gasteiger partial charge in [0.25, 0.3) is 11.3 Å². The van der Waals surface area contributed by atoms with Gasteiger partial charge in [-0.3, -0.25) is 4.55 Å². The standard InChI is InChI=1S/C3H7NO4S/c1-4(9(6)7)3(5)8-2/h1-2H3,(H,6,7). The van der Waals surface area contributed by atoms with Gasteiger partial charge in [0.2, 0.25) is 0 Å². The quantitative estimate of drug-likeness (QED) is 0.531. The average molecular weight is 153 g/mol. The Morgan fingerprint density at radius 1 is 1.78 bits per heavy atom. The molecule has 0 aliphatic rings. The molecule has 0 aromatic heterocycles. The van der Waals surface area contributed by atoms with Gasteiger partial charge in [-0.1, -0.05) is 0 Å². The molecule has 1 unspecified atom stereocenters. The second-order valence-electron chi connectivity index (χ2n) is 1.20. The van der Waals surface area contributed by atoms with E-state index in [-0.39, 0.29) is 0 Å². The molecule has 1 amide bonds. The van der Waals surface area contributed by atoms with Crippen molar-refractivity contribution in [1.82, 2.24) is 4.31 Å². The molecule has 0 aromatic carbocycles. The van der Waals surface area contributed by atoms with Crippen LogP contribution in [0.5, 0.6) is 0 Å². The van der Waals surface area contributed by atoms with Crippen molar-refractivity contribution in [2.24, 2.45) is 0 Å². The summed E-state index contributed by atoms with van der Waals surface area (Å²) in [6.45, 7) is 0. The van der Waals surface area contributed by atoms with Crippen LogP contribution in [-0.4, -0.2) is 33.3 Å². The molecule has 0 aromatic rings. The first-order chi connectivity index (χ1) is 4.09. The van der Waals surface area contributed by atoms with Gasteiger partial charge in [0.1, 0.15) is 0 Å². The minimum absolute atomic E-state index is 0.556.